The van der Waals surface area contributed by atoms with Gasteiger partial charge in [-0.3, -0.25) is 37.3 Å². The van der Waals surface area contributed by atoms with Crippen LogP contribution in [-0.2, 0) is 65.4 Å². The van der Waals surface area contributed by atoms with Gasteiger partial charge in [-0.05, 0) is 128 Å². The van der Waals surface area contributed by atoms with E-state index in [1.54, 1.807) is 6.08 Å². The summed E-state index contributed by atoms with van der Waals surface area (Å²) in [5, 5.41) is 10.6. The van der Waals surface area contributed by atoms with Crippen molar-refractivity contribution in [3.8, 4) is 0 Å². The zero-order valence-electron chi connectivity index (χ0n) is 59.8. The molecule has 0 saturated carbocycles. The topological polar surface area (TPSA) is 237 Å². The second kappa shape index (κ2) is 69.0. The average molecular weight is 1390 g/mol. The third-order valence-electron chi connectivity index (χ3n) is 14.9. The van der Waals surface area contributed by atoms with E-state index >= 15 is 0 Å². The molecule has 0 spiro atoms. The molecule has 550 valence electrons. The Balaban J connectivity index is 5.42. The lowest BCUT2D eigenvalue weighted by Gasteiger charge is -2.21. The number of aliphatic hydroxyl groups is 1. The molecule has 5 unspecified atom stereocenters. The number of carbonyl (C=O) groups is 4. The minimum atomic E-state index is -5.00. The summed E-state index contributed by atoms with van der Waals surface area (Å²) in [5.41, 5.74) is 0. The number of rotatable bonds is 68. The van der Waals surface area contributed by atoms with Crippen LogP contribution >= 0.6 is 15.6 Å². The third kappa shape index (κ3) is 68.0. The number of allylic oxidation sites excluding steroid dienone is 19. The second-order valence-corrected chi connectivity index (χ2v) is 27.0. The lowest BCUT2D eigenvalue weighted by molar-refractivity contribution is -0.161. The quantitative estimate of drug-likeness (QED) is 0.0169. The first-order valence-corrected chi connectivity index (χ1v) is 39.8. The molecule has 96 heavy (non-hydrogen) atoms. The minimum Gasteiger partial charge on any atom is -0.462 e. The number of hydrogen-bond donors (Lipinski definition) is 3. The van der Waals surface area contributed by atoms with Gasteiger partial charge in [0.1, 0.15) is 19.3 Å². The first-order chi connectivity index (χ1) is 46.7. The number of aliphatic hydroxyl groups excluding tert-OH is 1. The minimum absolute atomic E-state index is 0.0636. The van der Waals surface area contributed by atoms with Crippen molar-refractivity contribution >= 4 is 39.5 Å². The first kappa shape index (κ1) is 91.5. The summed E-state index contributed by atoms with van der Waals surface area (Å²) in [5.74, 6) is -2.36. The van der Waals surface area contributed by atoms with Gasteiger partial charge in [-0.2, -0.15) is 0 Å². The zero-order chi connectivity index (χ0) is 70.4. The summed E-state index contributed by atoms with van der Waals surface area (Å²) < 4.78 is 68.2. The van der Waals surface area contributed by atoms with Crippen LogP contribution in [0.3, 0.4) is 0 Å². The van der Waals surface area contributed by atoms with E-state index in [1.165, 1.54) is 51.4 Å². The summed E-state index contributed by atoms with van der Waals surface area (Å²) in [6.45, 7) is 4.43. The van der Waals surface area contributed by atoms with Crippen LogP contribution in [-0.4, -0.2) is 96.7 Å². The summed E-state index contributed by atoms with van der Waals surface area (Å²) in [4.78, 5) is 72.6. The Labute approximate surface area is 581 Å². The molecule has 0 aliphatic heterocycles. The Morgan fingerprint density at radius 1 is 0.312 bits per heavy atom. The van der Waals surface area contributed by atoms with Crippen LogP contribution < -0.4 is 0 Å². The molecule has 17 nitrogen and oxygen atoms in total. The highest BCUT2D eigenvalue weighted by atomic mass is 31.2. The van der Waals surface area contributed by atoms with E-state index in [4.69, 9.17) is 37.0 Å². The number of phosphoric ester groups is 2. The highest BCUT2D eigenvalue weighted by molar-refractivity contribution is 7.47. The molecule has 0 bridgehead atoms. The van der Waals surface area contributed by atoms with Crippen molar-refractivity contribution < 1.29 is 80.2 Å². The van der Waals surface area contributed by atoms with E-state index in [-0.39, 0.29) is 25.7 Å². The number of phosphoric acid groups is 2. The van der Waals surface area contributed by atoms with Gasteiger partial charge in [0.15, 0.2) is 12.2 Å². The molecule has 0 amide bonds. The van der Waals surface area contributed by atoms with Crippen LogP contribution in [0.2, 0.25) is 0 Å². The summed E-state index contributed by atoms with van der Waals surface area (Å²) in [6.07, 6.45) is 73.8. The molecule has 0 aromatic rings. The molecule has 0 rings (SSSR count). The van der Waals surface area contributed by atoms with E-state index in [0.29, 0.717) is 25.7 Å². The van der Waals surface area contributed by atoms with Gasteiger partial charge in [-0.25, -0.2) is 9.13 Å². The molecule has 0 aromatic heterocycles. The Kier molecular flexibility index (Phi) is 65.7. The van der Waals surface area contributed by atoms with Crippen LogP contribution in [0.1, 0.15) is 285 Å². The Morgan fingerprint density at radius 3 is 0.969 bits per heavy atom. The van der Waals surface area contributed by atoms with Crippen molar-refractivity contribution in [2.24, 2.45) is 0 Å². The molecule has 0 aliphatic carbocycles. The maximum absolute atomic E-state index is 13.0. The van der Waals surface area contributed by atoms with Crippen LogP contribution in [0.5, 0.6) is 0 Å². The molecule has 0 radical (unpaired) electrons. The molecular formula is C77H130O17P2. The van der Waals surface area contributed by atoms with E-state index in [9.17, 15) is 43.2 Å². The molecule has 3 N–H and O–H groups in total. The normalized spacial score (nSPS) is 14.7. The number of hydrogen-bond acceptors (Lipinski definition) is 15. The lowest BCUT2D eigenvalue weighted by Crippen LogP contribution is -2.30. The number of ether oxygens (including phenoxy) is 4. The highest BCUT2D eigenvalue weighted by Gasteiger charge is 2.30. The van der Waals surface area contributed by atoms with Crippen molar-refractivity contribution in [2.45, 2.75) is 303 Å². The second-order valence-electron chi connectivity index (χ2n) is 24.1. The molecule has 0 saturated heterocycles. The standard InChI is InChI=1S/C77H130O17P2/c1-5-9-13-17-21-25-29-32-35-38-42-45-49-53-57-61-74(79)87-67-72(93-76(81)63-59-55-51-47-41-28-24-20-16-12-8-4)69-91-95(83,84)89-65-71(78)66-90-96(85,86)92-70-73(94-77(82)64-60-56-52-48-44-40-37-34-31-27-23-19-15-11-7-3)68-88-75(80)62-58-54-50-46-43-39-36-33-30-26-22-18-14-10-6-2/h9-10,13-14,20-22,24-26,32-37,43,46,54,58,71-73,78H,5-8,11-12,15-19,23,27-31,38-42,44-45,47-53,55-57,59-70H2,1-4H3,(H,83,84)(H,85,86)/b13-9-,14-10-,24-20-,25-21-,26-22-,35-32-,36-33-,37-34-,46-43-,58-54-. The first-order valence-electron chi connectivity index (χ1n) is 36.8. The fourth-order valence-corrected chi connectivity index (χ4v) is 10.9. The van der Waals surface area contributed by atoms with Gasteiger partial charge in [0, 0.05) is 19.3 Å². The molecule has 0 aliphatic rings. The van der Waals surface area contributed by atoms with Crippen LogP contribution in [0.4, 0.5) is 0 Å². The van der Waals surface area contributed by atoms with Gasteiger partial charge in [-0.15, -0.1) is 0 Å². The SMILES string of the molecule is CC/C=C\C/C=C\C/C=C\C/C=C\C/C=C\CC(=O)OCC(COP(=O)(O)OCC(O)COP(=O)(O)OCC(COC(=O)CCCCCCC/C=C\C/C=C\C/C=C\CC)OC(=O)CCCCCCC/C=C\CCCC)OC(=O)CCCCCCC/C=C\CCCCCCCC. The zero-order valence-corrected chi connectivity index (χ0v) is 61.5. The largest absolute Gasteiger partial charge is 0.472 e. The van der Waals surface area contributed by atoms with Crippen molar-refractivity contribution in [3.05, 3.63) is 122 Å². The number of carbonyl (C=O) groups excluding carboxylic acids is 4. The van der Waals surface area contributed by atoms with Crippen molar-refractivity contribution in [1.29, 1.82) is 0 Å². The Bertz CT molecular complexity index is 2300. The molecule has 19 heteroatoms. The monoisotopic (exact) mass is 1390 g/mol. The summed E-state index contributed by atoms with van der Waals surface area (Å²) in [7, 11) is -9.98. The fraction of sp³-hybridized carbons (Fsp3) is 0.688. The fourth-order valence-electron chi connectivity index (χ4n) is 9.34. The molecule has 0 fully saturated rings. The van der Waals surface area contributed by atoms with Crippen molar-refractivity contribution in [2.75, 3.05) is 39.6 Å². The predicted molar refractivity (Wildman–Crippen MR) is 390 cm³/mol. The summed E-state index contributed by atoms with van der Waals surface area (Å²) in [6, 6.07) is 0. The number of esters is 4. The van der Waals surface area contributed by atoms with Gasteiger partial charge in [-0.1, -0.05) is 252 Å². The smallest absolute Gasteiger partial charge is 0.462 e. The van der Waals surface area contributed by atoms with Crippen LogP contribution in [0.25, 0.3) is 0 Å². The molecule has 0 heterocycles. The van der Waals surface area contributed by atoms with E-state index in [2.05, 4.69) is 125 Å². The van der Waals surface area contributed by atoms with Crippen LogP contribution in [0.15, 0.2) is 122 Å². The van der Waals surface area contributed by atoms with E-state index in [1.807, 2.05) is 18.2 Å². The summed E-state index contributed by atoms with van der Waals surface area (Å²) >= 11 is 0. The Hall–Kier alpha value is -4.54. The van der Waals surface area contributed by atoms with E-state index < -0.39 is 97.5 Å². The number of unbranched alkanes of at least 4 members (excludes halogenated alkanes) is 23. The van der Waals surface area contributed by atoms with E-state index in [0.717, 1.165) is 154 Å². The van der Waals surface area contributed by atoms with Gasteiger partial charge in [0.2, 0.25) is 0 Å². The van der Waals surface area contributed by atoms with Crippen LogP contribution in [0, 0.1) is 0 Å². The lowest BCUT2D eigenvalue weighted by atomic mass is 10.1. The molecular weight excluding hydrogens is 1260 g/mol. The van der Waals surface area contributed by atoms with Gasteiger partial charge in [0.05, 0.1) is 32.8 Å². The van der Waals surface area contributed by atoms with Gasteiger partial charge in [0.25, 0.3) is 0 Å². The third-order valence-corrected chi connectivity index (χ3v) is 16.8. The van der Waals surface area contributed by atoms with Gasteiger partial charge < -0.3 is 33.8 Å². The molecule has 0 aromatic carbocycles. The Morgan fingerprint density at radius 2 is 0.594 bits per heavy atom. The average Bonchev–Trinajstić information content (AvgIpc) is 1.09. The highest BCUT2D eigenvalue weighted by Crippen LogP contribution is 2.45. The van der Waals surface area contributed by atoms with Gasteiger partial charge >= 0.3 is 39.5 Å². The van der Waals surface area contributed by atoms with Crippen molar-refractivity contribution in [1.82, 2.24) is 0 Å². The maximum Gasteiger partial charge on any atom is 0.472 e. The molecule has 5 atom stereocenters. The predicted octanol–water partition coefficient (Wildman–Crippen LogP) is 20.8. The maximum atomic E-state index is 13.0. The van der Waals surface area contributed by atoms with Crippen molar-refractivity contribution in [3.63, 3.8) is 0 Å².